The van der Waals surface area contributed by atoms with Crippen LogP contribution in [0.5, 0.6) is 5.75 Å². The second kappa shape index (κ2) is 10.9. The molecule has 182 valence electrons. The van der Waals surface area contributed by atoms with E-state index in [0.29, 0.717) is 30.1 Å². The number of benzene rings is 2. The molecule has 0 aliphatic carbocycles. The third-order valence-corrected chi connectivity index (χ3v) is 7.12. The molecule has 0 atom stereocenters. The van der Waals surface area contributed by atoms with Crippen LogP contribution in [0.2, 0.25) is 0 Å². The number of sulfone groups is 1. The molecule has 1 aromatic heterocycles. The number of imidazole rings is 1. The molecule has 0 spiro atoms. The molecule has 0 bridgehead atoms. The number of hydrogen-bond acceptors (Lipinski definition) is 5. The van der Waals surface area contributed by atoms with Gasteiger partial charge in [-0.3, -0.25) is 4.79 Å². The average molecular weight is 484 g/mol. The summed E-state index contributed by atoms with van der Waals surface area (Å²) < 4.78 is 33.6. The zero-order valence-electron chi connectivity index (χ0n) is 20.5. The van der Waals surface area contributed by atoms with Crippen LogP contribution < -0.4 is 4.74 Å². The van der Waals surface area contributed by atoms with E-state index in [1.165, 1.54) is 0 Å². The lowest BCUT2D eigenvalue weighted by molar-refractivity contribution is 0.0748. The minimum absolute atomic E-state index is 0.0469. The van der Waals surface area contributed by atoms with E-state index in [-0.39, 0.29) is 29.3 Å². The molecule has 0 saturated heterocycles. The van der Waals surface area contributed by atoms with Crippen molar-refractivity contribution in [1.29, 1.82) is 0 Å². The molecule has 0 radical (unpaired) electrons. The first-order valence-corrected chi connectivity index (χ1v) is 13.1. The Labute approximate surface area is 202 Å². The summed E-state index contributed by atoms with van der Waals surface area (Å²) in [5, 5.41) is 0.0469. The number of carbonyl (C=O) groups excluding carboxylic acids is 1. The fourth-order valence-electron chi connectivity index (χ4n) is 3.85. The van der Waals surface area contributed by atoms with Gasteiger partial charge in [-0.1, -0.05) is 43.7 Å². The van der Waals surface area contributed by atoms with Gasteiger partial charge in [0.05, 0.1) is 31.3 Å². The summed E-state index contributed by atoms with van der Waals surface area (Å²) >= 11 is 0. The summed E-state index contributed by atoms with van der Waals surface area (Å²) in [7, 11) is -2.09. The Balaban J connectivity index is 1.91. The molecule has 1 amide bonds. The Morgan fingerprint density at radius 2 is 1.85 bits per heavy atom. The molecule has 7 nitrogen and oxygen atoms in total. The van der Waals surface area contributed by atoms with Crippen molar-refractivity contribution in [1.82, 2.24) is 14.5 Å². The monoisotopic (exact) mass is 483 g/mol. The lowest BCUT2D eigenvalue weighted by atomic mass is 10.2. The number of hydrogen-bond donors (Lipinski definition) is 0. The van der Waals surface area contributed by atoms with Crippen LogP contribution in [0.15, 0.2) is 59.9 Å². The van der Waals surface area contributed by atoms with Gasteiger partial charge in [-0.05, 0) is 49.6 Å². The van der Waals surface area contributed by atoms with Gasteiger partial charge in [0.2, 0.25) is 15.0 Å². The first kappa shape index (κ1) is 25.5. The van der Waals surface area contributed by atoms with Crippen LogP contribution in [0.3, 0.4) is 0 Å². The van der Waals surface area contributed by atoms with E-state index in [1.807, 2.05) is 52.0 Å². The number of amides is 1. The van der Waals surface area contributed by atoms with Gasteiger partial charge in [0.25, 0.3) is 5.91 Å². The van der Waals surface area contributed by atoms with E-state index in [1.54, 1.807) is 47.0 Å². The van der Waals surface area contributed by atoms with Crippen molar-refractivity contribution in [3.05, 3.63) is 77.1 Å². The molecule has 0 aliphatic rings. The van der Waals surface area contributed by atoms with Gasteiger partial charge in [-0.15, -0.1) is 0 Å². The standard InChI is InChI=1S/C26H33N3O4S/c1-6-28(25(30)22-10-12-24(33-5)13-11-22)17-23-15-27-26(29(23)16-19(2)3)34(31,32)18-21-9-7-8-20(4)14-21/h7-15,19H,6,16-18H2,1-5H3. The third kappa shape index (κ3) is 6.05. The summed E-state index contributed by atoms with van der Waals surface area (Å²) in [6.45, 7) is 9.13. The van der Waals surface area contributed by atoms with E-state index in [2.05, 4.69) is 4.98 Å². The fourth-order valence-corrected chi connectivity index (χ4v) is 5.34. The van der Waals surface area contributed by atoms with E-state index < -0.39 is 9.84 Å². The van der Waals surface area contributed by atoms with Crippen LogP contribution in [0, 0.1) is 12.8 Å². The van der Waals surface area contributed by atoms with E-state index >= 15 is 0 Å². The number of methoxy groups -OCH3 is 1. The van der Waals surface area contributed by atoms with Gasteiger partial charge in [0, 0.05) is 18.7 Å². The quantitative estimate of drug-likeness (QED) is 0.424. The van der Waals surface area contributed by atoms with Gasteiger partial charge in [-0.25, -0.2) is 13.4 Å². The zero-order chi connectivity index (χ0) is 24.9. The first-order chi connectivity index (χ1) is 16.1. The lowest BCUT2D eigenvalue weighted by Gasteiger charge is -2.23. The minimum atomic E-state index is -3.67. The molecule has 2 aromatic carbocycles. The normalized spacial score (nSPS) is 11.6. The lowest BCUT2D eigenvalue weighted by Crippen LogP contribution is -2.31. The van der Waals surface area contributed by atoms with Crippen LogP contribution in [0.4, 0.5) is 0 Å². The topological polar surface area (TPSA) is 81.5 Å². The smallest absolute Gasteiger partial charge is 0.254 e. The molecule has 0 fully saturated rings. The van der Waals surface area contributed by atoms with Crippen molar-refractivity contribution in [2.45, 2.75) is 51.7 Å². The predicted molar refractivity (Wildman–Crippen MR) is 133 cm³/mol. The van der Waals surface area contributed by atoms with Crippen molar-refractivity contribution >= 4 is 15.7 Å². The molecular formula is C26H33N3O4S. The van der Waals surface area contributed by atoms with Gasteiger partial charge in [0.15, 0.2) is 0 Å². The Bertz CT molecular complexity index is 1230. The third-order valence-electron chi connectivity index (χ3n) is 5.53. The predicted octanol–water partition coefficient (Wildman–Crippen LogP) is 4.49. The molecule has 3 rings (SSSR count). The Hall–Kier alpha value is -3.13. The van der Waals surface area contributed by atoms with Crippen LogP contribution in [-0.4, -0.2) is 42.4 Å². The van der Waals surface area contributed by atoms with E-state index in [4.69, 9.17) is 4.74 Å². The highest BCUT2D eigenvalue weighted by Crippen LogP contribution is 2.22. The minimum Gasteiger partial charge on any atom is -0.497 e. The molecule has 0 aliphatic heterocycles. The second-order valence-corrected chi connectivity index (χ2v) is 10.7. The number of ether oxygens (including phenoxy) is 1. The summed E-state index contributed by atoms with van der Waals surface area (Å²) in [6.07, 6.45) is 1.58. The molecule has 8 heteroatoms. The number of rotatable bonds is 10. The maximum absolute atomic E-state index is 13.3. The van der Waals surface area contributed by atoms with Gasteiger partial charge in [-0.2, -0.15) is 0 Å². The molecule has 1 heterocycles. The summed E-state index contributed by atoms with van der Waals surface area (Å²) in [5.41, 5.74) is 2.98. The Kier molecular flexibility index (Phi) is 8.15. The van der Waals surface area contributed by atoms with Gasteiger partial charge in [0.1, 0.15) is 5.75 Å². The highest BCUT2D eigenvalue weighted by molar-refractivity contribution is 7.90. The second-order valence-electron chi connectivity index (χ2n) is 8.83. The fraction of sp³-hybridized carbons (Fsp3) is 0.385. The maximum atomic E-state index is 13.3. The van der Waals surface area contributed by atoms with Crippen molar-refractivity contribution in [3.63, 3.8) is 0 Å². The number of carbonyl (C=O) groups is 1. The summed E-state index contributed by atoms with van der Waals surface area (Å²) in [4.78, 5) is 19.1. The maximum Gasteiger partial charge on any atom is 0.254 e. The van der Waals surface area contributed by atoms with Crippen molar-refractivity contribution in [2.24, 2.45) is 5.92 Å². The number of aromatic nitrogens is 2. The van der Waals surface area contributed by atoms with Crippen LogP contribution in [0.25, 0.3) is 0 Å². The van der Waals surface area contributed by atoms with Crippen molar-refractivity contribution in [3.8, 4) is 5.75 Å². The SMILES string of the molecule is CCN(Cc1cnc(S(=O)(=O)Cc2cccc(C)c2)n1CC(C)C)C(=O)c1ccc(OC)cc1. The van der Waals surface area contributed by atoms with Gasteiger partial charge >= 0.3 is 0 Å². The molecular weight excluding hydrogens is 450 g/mol. The molecule has 0 N–H and O–H groups in total. The Morgan fingerprint density at radius 3 is 2.44 bits per heavy atom. The van der Waals surface area contributed by atoms with E-state index in [9.17, 15) is 13.2 Å². The zero-order valence-corrected chi connectivity index (χ0v) is 21.3. The van der Waals surface area contributed by atoms with Crippen molar-refractivity contribution < 1.29 is 17.9 Å². The van der Waals surface area contributed by atoms with Crippen LogP contribution in [-0.2, 0) is 28.7 Å². The van der Waals surface area contributed by atoms with Gasteiger partial charge < -0.3 is 14.2 Å². The number of aryl methyl sites for hydroxylation is 1. The highest BCUT2D eigenvalue weighted by Gasteiger charge is 2.26. The molecule has 0 saturated carbocycles. The van der Waals surface area contributed by atoms with Crippen LogP contribution in [0.1, 0.15) is 48.0 Å². The molecule has 0 unspecified atom stereocenters. The summed E-state index contributed by atoms with van der Waals surface area (Å²) in [6, 6.07) is 14.4. The molecule has 3 aromatic rings. The average Bonchev–Trinajstić information content (AvgIpc) is 3.19. The highest BCUT2D eigenvalue weighted by atomic mass is 32.2. The molecule has 34 heavy (non-hydrogen) atoms. The van der Waals surface area contributed by atoms with Crippen LogP contribution >= 0.6 is 0 Å². The number of nitrogens with zero attached hydrogens (tertiary/aromatic N) is 3. The van der Waals surface area contributed by atoms with Crippen molar-refractivity contribution in [2.75, 3.05) is 13.7 Å². The Morgan fingerprint density at radius 1 is 1.15 bits per heavy atom. The van der Waals surface area contributed by atoms with E-state index in [0.717, 1.165) is 11.1 Å². The summed E-state index contributed by atoms with van der Waals surface area (Å²) in [5.74, 6) is 0.629. The largest absolute Gasteiger partial charge is 0.497 e. The first-order valence-electron chi connectivity index (χ1n) is 11.4.